The Morgan fingerprint density at radius 2 is 2.00 bits per heavy atom. The van der Waals surface area contributed by atoms with Crippen LogP contribution in [-0.2, 0) is 0 Å². The van der Waals surface area contributed by atoms with E-state index in [0.29, 0.717) is 5.82 Å². The van der Waals surface area contributed by atoms with Gasteiger partial charge in [-0.05, 0) is 0 Å². The lowest BCUT2D eigenvalue weighted by atomic mass is 10.2. The van der Waals surface area contributed by atoms with Crippen LogP contribution in [0.5, 0.6) is 0 Å². The molecule has 14 heavy (non-hydrogen) atoms. The van der Waals surface area contributed by atoms with Gasteiger partial charge in [0.2, 0.25) is 5.82 Å². The average molecular weight is 189 g/mol. The zero-order valence-electron chi connectivity index (χ0n) is 7.14. The molecule has 0 saturated heterocycles. The van der Waals surface area contributed by atoms with Crippen molar-refractivity contribution < 1.29 is 9.90 Å². The van der Waals surface area contributed by atoms with Crippen molar-refractivity contribution >= 4 is 5.97 Å². The molecule has 1 aromatic carbocycles. The molecule has 0 saturated carbocycles. The van der Waals surface area contributed by atoms with E-state index in [9.17, 15) is 4.79 Å². The lowest BCUT2D eigenvalue weighted by Gasteiger charge is -1.90. The fourth-order valence-corrected chi connectivity index (χ4v) is 1.07. The molecule has 0 aliphatic heterocycles. The molecule has 5 heteroatoms. The Balaban J connectivity index is 2.39. The zero-order valence-corrected chi connectivity index (χ0v) is 7.14. The summed E-state index contributed by atoms with van der Waals surface area (Å²) in [5.74, 6) is -0.869. The minimum absolute atomic E-state index is 0.149. The van der Waals surface area contributed by atoms with Crippen molar-refractivity contribution in [2.45, 2.75) is 0 Å². The molecule has 0 fully saturated rings. The van der Waals surface area contributed by atoms with E-state index in [0.717, 1.165) is 5.56 Å². The normalized spacial score (nSPS) is 10.0. The Labute approximate surface area is 79.4 Å². The van der Waals surface area contributed by atoms with Crippen molar-refractivity contribution in [2.24, 2.45) is 0 Å². The Kier molecular flexibility index (Phi) is 1.98. The van der Waals surface area contributed by atoms with Crippen LogP contribution in [0.3, 0.4) is 0 Å². The summed E-state index contributed by atoms with van der Waals surface area (Å²) >= 11 is 0. The van der Waals surface area contributed by atoms with Crippen molar-refractivity contribution in [3.63, 3.8) is 0 Å². The van der Waals surface area contributed by atoms with Crippen LogP contribution in [0, 0.1) is 0 Å². The molecule has 0 atom stereocenters. The van der Waals surface area contributed by atoms with Gasteiger partial charge in [-0.2, -0.15) is 5.10 Å². The Bertz CT molecular complexity index is 450. The van der Waals surface area contributed by atoms with Crippen LogP contribution in [0.1, 0.15) is 10.6 Å². The number of aromatic carboxylic acids is 1. The number of aromatic amines is 1. The quantitative estimate of drug-likeness (QED) is 0.743. The highest BCUT2D eigenvalue weighted by Crippen LogP contribution is 2.12. The molecular formula is C9H7N3O2. The predicted octanol–water partition coefficient (Wildman–Crippen LogP) is 1.17. The highest BCUT2D eigenvalue weighted by molar-refractivity contribution is 5.83. The maximum absolute atomic E-state index is 10.5. The second-order valence-electron chi connectivity index (χ2n) is 2.68. The third-order valence-corrected chi connectivity index (χ3v) is 1.72. The molecule has 2 aromatic rings. The summed E-state index contributed by atoms with van der Waals surface area (Å²) in [6.07, 6.45) is 0. The van der Waals surface area contributed by atoms with E-state index in [1.54, 1.807) is 0 Å². The predicted molar refractivity (Wildman–Crippen MR) is 48.8 cm³/mol. The van der Waals surface area contributed by atoms with E-state index in [-0.39, 0.29) is 5.82 Å². The zero-order chi connectivity index (χ0) is 9.97. The second kappa shape index (κ2) is 3.29. The molecule has 0 aliphatic carbocycles. The molecule has 5 nitrogen and oxygen atoms in total. The molecular weight excluding hydrogens is 182 g/mol. The maximum atomic E-state index is 10.5. The van der Waals surface area contributed by atoms with Crippen LogP contribution in [0.25, 0.3) is 11.4 Å². The van der Waals surface area contributed by atoms with Gasteiger partial charge in [-0.1, -0.05) is 30.3 Å². The van der Waals surface area contributed by atoms with Gasteiger partial charge >= 0.3 is 5.97 Å². The van der Waals surface area contributed by atoms with Gasteiger partial charge in [-0.3, -0.25) is 5.10 Å². The van der Waals surface area contributed by atoms with Crippen molar-refractivity contribution in [3.05, 3.63) is 36.2 Å². The van der Waals surface area contributed by atoms with Crippen molar-refractivity contribution in [1.29, 1.82) is 0 Å². The second-order valence-corrected chi connectivity index (χ2v) is 2.68. The van der Waals surface area contributed by atoms with Gasteiger partial charge < -0.3 is 5.11 Å². The summed E-state index contributed by atoms with van der Waals surface area (Å²) in [4.78, 5) is 14.3. The van der Waals surface area contributed by atoms with Gasteiger partial charge in [0.25, 0.3) is 0 Å². The number of nitrogens with one attached hydrogen (secondary N) is 1. The topological polar surface area (TPSA) is 78.9 Å². The van der Waals surface area contributed by atoms with Crippen LogP contribution in [-0.4, -0.2) is 26.3 Å². The Hall–Kier alpha value is -2.17. The fourth-order valence-electron chi connectivity index (χ4n) is 1.07. The minimum Gasteiger partial charge on any atom is -0.475 e. The Morgan fingerprint density at radius 1 is 1.29 bits per heavy atom. The van der Waals surface area contributed by atoms with E-state index >= 15 is 0 Å². The van der Waals surface area contributed by atoms with Crippen LogP contribution < -0.4 is 0 Å². The molecule has 0 amide bonds. The average Bonchev–Trinajstić information content (AvgIpc) is 2.68. The third kappa shape index (κ3) is 1.47. The SMILES string of the molecule is O=C(O)c1nc(-c2ccccc2)n[nH]1. The van der Waals surface area contributed by atoms with E-state index in [2.05, 4.69) is 15.2 Å². The number of nitrogens with zero attached hydrogens (tertiary/aromatic N) is 2. The molecule has 0 radical (unpaired) electrons. The van der Waals surface area contributed by atoms with E-state index in [4.69, 9.17) is 5.11 Å². The molecule has 2 rings (SSSR count). The minimum atomic E-state index is -1.11. The number of carboxylic acids is 1. The van der Waals surface area contributed by atoms with Gasteiger partial charge in [0.15, 0.2) is 5.82 Å². The first kappa shape index (κ1) is 8.43. The smallest absolute Gasteiger partial charge is 0.373 e. The molecule has 1 aromatic heterocycles. The highest BCUT2D eigenvalue weighted by atomic mass is 16.4. The maximum Gasteiger partial charge on any atom is 0.373 e. The van der Waals surface area contributed by atoms with Crippen molar-refractivity contribution in [1.82, 2.24) is 15.2 Å². The molecule has 1 heterocycles. The van der Waals surface area contributed by atoms with E-state index in [1.807, 2.05) is 30.3 Å². The monoisotopic (exact) mass is 189 g/mol. The van der Waals surface area contributed by atoms with Gasteiger partial charge in [0, 0.05) is 5.56 Å². The summed E-state index contributed by atoms with van der Waals surface area (Å²) < 4.78 is 0. The van der Waals surface area contributed by atoms with Gasteiger partial charge in [-0.25, -0.2) is 9.78 Å². The Morgan fingerprint density at radius 3 is 2.57 bits per heavy atom. The number of rotatable bonds is 2. The molecule has 0 unspecified atom stereocenters. The van der Waals surface area contributed by atoms with Gasteiger partial charge in [-0.15, -0.1) is 0 Å². The van der Waals surface area contributed by atoms with Crippen molar-refractivity contribution in [2.75, 3.05) is 0 Å². The molecule has 70 valence electrons. The van der Waals surface area contributed by atoms with Crippen LogP contribution >= 0.6 is 0 Å². The van der Waals surface area contributed by atoms with Crippen molar-refractivity contribution in [3.8, 4) is 11.4 Å². The van der Waals surface area contributed by atoms with Crippen LogP contribution in [0.15, 0.2) is 30.3 Å². The highest BCUT2D eigenvalue weighted by Gasteiger charge is 2.10. The number of carboxylic acid groups (broad SMARTS) is 1. The largest absolute Gasteiger partial charge is 0.475 e. The summed E-state index contributed by atoms with van der Waals surface area (Å²) in [5.41, 5.74) is 0.788. The number of hydrogen-bond acceptors (Lipinski definition) is 3. The van der Waals surface area contributed by atoms with Gasteiger partial charge in [0.1, 0.15) is 0 Å². The first-order valence-electron chi connectivity index (χ1n) is 3.98. The summed E-state index contributed by atoms with van der Waals surface area (Å²) in [6, 6.07) is 9.18. The van der Waals surface area contributed by atoms with Gasteiger partial charge in [0.05, 0.1) is 0 Å². The lowest BCUT2D eigenvalue weighted by molar-refractivity contribution is 0.0684. The number of hydrogen-bond donors (Lipinski definition) is 2. The number of benzene rings is 1. The van der Waals surface area contributed by atoms with Crippen LogP contribution in [0.4, 0.5) is 0 Å². The third-order valence-electron chi connectivity index (χ3n) is 1.72. The molecule has 0 spiro atoms. The fraction of sp³-hybridized carbons (Fsp3) is 0. The number of carbonyl (C=O) groups is 1. The summed E-state index contributed by atoms with van der Waals surface area (Å²) in [5, 5.41) is 14.7. The number of aromatic nitrogens is 3. The van der Waals surface area contributed by atoms with Crippen LogP contribution in [0.2, 0.25) is 0 Å². The first-order valence-corrected chi connectivity index (χ1v) is 3.98. The van der Waals surface area contributed by atoms with E-state index in [1.165, 1.54) is 0 Å². The molecule has 0 aliphatic rings. The van der Waals surface area contributed by atoms with E-state index < -0.39 is 5.97 Å². The number of H-pyrrole nitrogens is 1. The lowest BCUT2D eigenvalue weighted by Crippen LogP contribution is -1.98. The first-order chi connectivity index (χ1) is 6.77. The summed E-state index contributed by atoms with van der Waals surface area (Å²) in [6.45, 7) is 0. The molecule has 2 N–H and O–H groups in total. The summed E-state index contributed by atoms with van der Waals surface area (Å²) in [7, 11) is 0. The molecule has 0 bridgehead atoms. The standard InChI is InChI=1S/C9H7N3O2/c13-9(14)8-10-7(11-12-8)6-4-2-1-3-5-6/h1-5H,(H,13,14)(H,10,11,12).